The van der Waals surface area contributed by atoms with Gasteiger partial charge in [0.1, 0.15) is 5.54 Å². The maximum Gasteiger partial charge on any atom is 0.241 e. The van der Waals surface area contributed by atoms with Crippen LogP contribution >= 0.6 is 0 Å². The molecule has 2 aliphatic carbocycles. The smallest absolute Gasteiger partial charge is 0.241 e. The van der Waals surface area contributed by atoms with Crippen molar-refractivity contribution in [3.8, 4) is 0 Å². The lowest BCUT2D eigenvalue weighted by Crippen LogP contribution is -2.80. The van der Waals surface area contributed by atoms with Crippen molar-refractivity contribution in [3.63, 3.8) is 0 Å². The number of nitrogens with two attached hydrogens (primary N) is 1. The molecule has 0 aromatic heterocycles. The minimum Gasteiger partial charge on any atom is -0.396 e. The monoisotopic (exact) mass is 296 g/mol. The van der Waals surface area contributed by atoms with Crippen LogP contribution in [0.5, 0.6) is 0 Å². The Morgan fingerprint density at radius 1 is 1.33 bits per heavy atom. The first-order valence-electron chi connectivity index (χ1n) is 8.25. The van der Waals surface area contributed by atoms with Gasteiger partial charge in [0.15, 0.2) is 0 Å². The lowest BCUT2D eigenvalue weighted by Gasteiger charge is -2.61. The number of hydrogen-bond donors (Lipinski definition) is 3. The number of amides is 1. The second-order valence-electron chi connectivity index (χ2n) is 7.58. The fourth-order valence-electron chi connectivity index (χ4n) is 4.75. The SMILES string of the molecule is CC1(C)C2OCCC2C1(N)C(=O)NC1CCCCC1CO. The molecule has 2 saturated carbocycles. The summed E-state index contributed by atoms with van der Waals surface area (Å²) in [4.78, 5) is 12.9. The van der Waals surface area contributed by atoms with Crippen molar-refractivity contribution in [3.05, 3.63) is 0 Å². The molecule has 3 aliphatic rings. The zero-order chi connectivity index (χ0) is 15.3. The molecule has 1 aliphatic heterocycles. The topological polar surface area (TPSA) is 84.6 Å². The van der Waals surface area contributed by atoms with E-state index in [-0.39, 0.29) is 41.9 Å². The molecule has 0 aromatic carbocycles. The summed E-state index contributed by atoms with van der Waals surface area (Å²) >= 11 is 0. The first-order chi connectivity index (χ1) is 9.92. The molecule has 0 bridgehead atoms. The highest BCUT2D eigenvalue weighted by Crippen LogP contribution is 2.58. The van der Waals surface area contributed by atoms with Crippen LogP contribution in [0.2, 0.25) is 0 Å². The third-order valence-corrected chi connectivity index (χ3v) is 6.29. The number of nitrogens with one attached hydrogen (secondary N) is 1. The van der Waals surface area contributed by atoms with Gasteiger partial charge in [0.25, 0.3) is 0 Å². The Labute approximate surface area is 126 Å². The predicted octanol–water partition coefficient (Wildman–Crippen LogP) is 0.796. The lowest BCUT2D eigenvalue weighted by atomic mass is 9.48. The van der Waals surface area contributed by atoms with Crippen molar-refractivity contribution in [2.75, 3.05) is 13.2 Å². The highest BCUT2D eigenvalue weighted by molar-refractivity contribution is 5.89. The molecule has 5 unspecified atom stereocenters. The first-order valence-corrected chi connectivity index (χ1v) is 8.25. The van der Waals surface area contributed by atoms with Crippen LogP contribution in [0.25, 0.3) is 0 Å². The highest BCUT2D eigenvalue weighted by atomic mass is 16.5. The summed E-state index contributed by atoms with van der Waals surface area (Å²) in [7, 11) is 0. The minimum atomic E-state index is -0.842. The molecule has 3 fully saturated rings. The van der Waals surface area contributed by atoms with E-state index in [9.17, 15) is 9.90 Å². The summed E-state index contributed by atoms with van der Waals surface area (Å²) in [5.41, 5.74) is 5.39. The molecular formula is C16H28N2O3. The van der Waals surface area contributed by atoms with Gasteiger partial charge >= 0.3 is 0 Å². The largest absolute Gasteiger partial charge is 0.396 e. The Morgan fingerprint density at radius 3 is 2.76 bits per heavy atom. The molecule has 1 heterocycles. The van der Waals surface area contributed by atoms with E-state index in [0.29, 0.717) is 6.61 Å². The van der Waals surface area contributed by atoms with E-state index in [4.69, 9.17) is 10.5 Å². The van der Waals surface area contributed by atoms with Crippen molar-refractivity contribution in [2.24, 2.45) is 23.0 Å². The second kappa shape index (κ2) is 5.21. The fraction of sp³-hybridized carbons (Fsp3) is 0.938. The zero-order valence-corrected chi connectivity index (χ0v) is 13.1. The number of aliphatic hydroxyl groups is 1. The number of hydrogen-bond acceptors (Lipinski definition) is 4. The summed E-state index contributed by atoms with van der Waals surface area (Å²) in [6, 6.07) is 0.0637. The molecule has 5 heteroatoms. The fourth-order valence-corrected chi connectivity index (χ4v) is 4.75. The molecule has 5 nitrogen and oxygen atoms in total. The van der Waals surface area contributed by atoms with Crippen molar-refractivity contribution in [2.45, 2.75) is 63.6 Å². The molecule has 4 N–H and O–H groups in total. The van der Waals surface area contributed by atoms with Gasteiger partial charge in [-0.15, -0.1) is 0 Å². The van der Waals surface area contributed by atoms with Crippen LogP contribution < -0.4 is 11.1 Å². The summed E-state index contributed by atoms with van der Waals surface area (Å²) in [5, 5.41) is 12.6. The summed E-state index contributed by atoms with van der Waals surface area (Å²) in [6.45, 7) is 4.90. The number of ether oxygens (including phenoxy) is 1. The second-order valence-corrected chi connectivity index (χ2v) is 7.58. The Kier molecular flexibility index (Phi) is 3.79. The van der Waals surface area contributed by atoms with Crippen molar-refractivity contribution >= 4 is 5.91 Å². The van der Waals surface area contributed by atoms with Crippen LogP contribution in [0.15, 0.2) is 0 Å². The van der Waals surface area contributed by atoms with Gasteiger partial charge in [-0.3, -0.25) is 4.79 Å². The first kappa shape index (κ1) is 15.3. The van der Waals surface area contributed by atoms with E-state index in [0.717, 1.165) is 32.1 Å². The van der Waals surface area contributed by atoms with E-state index in [1.807, 2.05) is 13.8 Å². The van der Waals surface area contributed by atoms with Crippen LogP contribution in [-0.2, 0) is 9.53 Å². The summed E-state index contributed by atoms with van der Waals surface area (Å²) < 4.78 is 5.75. The molecule has 120 valence electrons. The number of carbonyl (C=O) groups excluding carboxylic acids is 1. The Bertz CT molecular complexity index is 426. The zero-order valence-electron chi connectivity index (χ0n) is 13.1. The van der Waals surface area contributed by atoms with Crippen LogP contribution in [0, 0.1) is 17.3 Å². The number of fused-ring (bicyclic) bond motifs is 1. The van der Waals surface area contributed by atoms with E-state index in [1.54, 1.807) is 0 Å². The minimum absolute atomic E-state index is 0.0513. The Morgan fingerprint density at radius 2 is 2.05 bits per heavy atom. The molecule has 0 radical (unpaired) electrons. The molecule has 3 rings (SSSR count). The van der Waals surface area contributed by atoms with Gasteiger partial charge in [0.2, 0.25) is 5.91 Å². The molecule has 0 spiro atoms. The number of aliphatic hydroxyl groups excluding tert-OH is 1. The Balaban J connectivity index is 1.72. The number of rotatable bonds is 3. The van der Waals surface area contributed by atoms with Crippen LogP contribution in [-0.4, -0.2) is 41.9 Å². The Hall–Kier alpha value is -0.650. The van der Waals surface area contributed by atoms with Gasteiger partial charge < -0.3 is 20.9 Å². The molecular weight excluding hydrogens is 268 g/mol. The highest BCUT2D eigenvalue weighted by Gasteiger charge is 2.71. The third kappa shape index (κ3) is 2.05. The van der Waals surface area contributed by atoms with E-state index < -0.39 is 5.54 Å². The third-order valence-electron chi connectivity index (χ3n) is 6.29. The standard InChI is InChI=1S/C16H28N2O3/c1-15(2)13-11(7-8-21-13)16(15,17)14(20)18-12-6-4-3-5-10(12)9-19/h10-13,19H,3-9,17H2,1-2H3,(H,18,20). The van der Waals surface area contributed by atoms with E-state index >= 15 is 0 Å². The van der Waals surface area contributed by atoms with Crippen LogP contribution in [0.3, 0.4) is 0 Å². The lowest BCUT2D eigenvalue weighted by molar-refractivity contribution is -0.176. The average Bonchev–Trinajstić information content (AvgIpc) is 2.95. The molecule has 1 amide bonds. The maximum absolute atomic E-state index is 12.9. The average molecular weight is 296 g/mol. The molecule has 0 aromatic rings. The van der Waals surface area contributed by atoms with Crippen LogP contribution in [0.4, 0.5) is 0 Å². The van der Waals surface area contributed by atoms with Crippen LogP contribution in [0.1, 0.15) is 46.0 Å². The van der Waals surface area contributed by atoms with Crippen molar-refractivity contribution in [1.29, 1.82) is 0 Å². The van der Waals surface area contributed by atoms with Gasteiger partial charge in [-0.2, -0.15) is 0 Å². The van der Waals surface area contributed by atoms with Gasteiger partial charge in [-0.25, -0.2) is 0 Å². The van der Waals surface area contributed by atoms with E-state index in [2.05, 4.69) is 5.32 Å². The van der Waals surface area contributed by atoms with Crippen molar-refractivity contribution < 1.29 is 14.6 Å². The molecule has 21 heavy (non-hydrogen) atoms. The van der Waals surface area contributed by atoms with Gasteiger partial charge in [0.05, 0.1) is 6.10 Å². The summed E-state index contributed by atoms with van der Waals surface area (Å²) in [6.07, 6.45) is 5.14. The quantitative estimate of drug-likeness (QED) is 0.719. The molecule has 5 atom stereocenters. The summed E-state index contributed by atoms with van der Waals surface area (Å²) in [5.74, 6) is 0.249. The van der Waals surface area contributed by atoms with Gasteiger partial charge in [-0.1, -0.05) is 26.7 Å². The van der Waals surface area contributed by atoms with E-state index in [1.165, 1.54) is 0 Å². The van der Waals surface area contributed by atoms with Gasteiger partial charge in [-0.05, 0) is 19.3 Å². The normalized spacial score (nSPS) is 44.8. The van der Waals surface area contributed by atoms with Gasteiger partial charge in [0, 0.05) is 36.5 Å². The maximum atomic E-state index is 12.9. The molecule has 1 saturated heterocycles. The predicted molar refractivity (Wildman–Crippen MR) is 79.5 cm³/mol. The number of carbonyl (C=O) groups is 1. The van der Waals surface area contributed by atoms with Crippen molar-refractivity contribution in [1.82, 2.24) is 5.32 Å².